The molecule has 0 bridgehead atoms. The molecule has 0 aromatic carbocycles. The lowest BCUT2D eigenvalue weighted by Crippen LogP contribution is -2.40. The highest BCUT2D eigenvalue weighted by Crippen LogP contribution is 2.20. The van der Waals surface area contributed by atoms with Crippen molar-refractivity contribution < 1.29 is 4.42 Å². The van der Waals surface area contributed by atoms with E-state index in [4.69, 9.17) is 10.2 Å². The van der Waals surface area contributed by atoms with Crippen LogP contribution in [0.3, 0.4) is 0 Å². The lowest BCUT2D eigenvalue weighted by molar-refractivity contribution is 0.132. The van der Waals surface area contributed by atoms with Gasteiger partial charge in [-0.2, -0.15) is 0 Å². The van der Waals surface area contributed by atoms with Crippen LogP contribution >= 0.6 is 12.4 Å². The summed E-state index contributed by atoms with van der Waals surface area (Å²) in [7, 11) is 0. The first-order valence-electron chi connectivity index (χ1n) is 5.71. The molecule has 0 amide bonds. The van der Waals surface area contributed by atoms with Gasteiger partial charge in [0.1, 0.15) is 6.26 Å². The Balaban J connectivity index is 0.00000128. The van der Waals surface area contributed by atoms with Gasteiger partial charge in [-0.3, -0.25) is 4.90 Å². The minimum Gasteiger partial charge on any atom is -0.451 e. The van der Waals surface area contributed by atoms with Crippen molar-refractivity contribution in [1.82, 2.24) is 9.88 Å². The van der Waals surface area contributed by atoms with E-state index in [9.17, 15) is 0 Å². The predicted octanol–water partition coefficient (Wildman–Crippen LogP) is 1.80. The summed E-state index contributed by atoms with van der Waals surface area (Å²) < 4.78 is 4.99. The van der Waals surface area contributed by atoms with E-state index in [2.05, 4.69) is 9.88 Å². The van der Waals surface area contributed by atoms with Crippen LogP contribution in [0.5, 0.6) is 0 Å². The van der Waals surface area contributed by atoms with Crippen molar-refractivity contribution in [2.75, 3.05) is 13.1 Å². The van der Waals surface area contributed by atoms with Gasteiger partial charge in [0, 0.05) is 12.6 Å². The molecule has 0 saturated carbocycles. The van der Waals surface area contributed by atoms with E-state index in [1.165, 1.54) is 25.7 Å². The molecule has 1 aromatic heterocycles. The van der Waals surface area contributed by atoms with E-state index in [0.717, 1.165) is 31.7 Å². The molecule has 92 valence electrons. The summed E-state index contributed by atoms with van der Waals surface area (Å²) in [6.45, 7) is 2.85. The molecule has 16 heavy (non-hydrogen) atoms. The van der Waals surface area contributed by atoms with E-state index in [1.54, 1.807) is 6.26 Å². The van der Waals surface area contributed by atoms with E-state index >= 15 is 0 Å². The molecular formula is C11H20ClN3O. The maximum absolute atomic E-state index is 5.63. The van der Waals surface area contributed by atoms with Gasteiger partial charge in [0.2, 0.25) is 0 Å². The zero-order chi connectivity index (χ0) is 10.5. The van der Waals surface area contributed by atoms with Crippen molar-refractivity contribution in [1.29, 1.82) is 0 Å². The van der Waals surface area contributed by atoms with Gasteiger partial charge >= 0.3 is 0 Å². The van der Waals surface area contributed by atoms with Gasteiger partial charge in [-0.1, -0.05) is 6.42 Å². The quantitative estimate of drug-likeness (QED) is 0.879. The number of likely N-dealkylation sites (tertiary alicyclic amines) is 1. The molecule has 2 heterocycles. The van der Waals surface area contributed by atoms with Gasteiger partial charge in [0.05, 0.1) is 5.69 Å². The number of aromatic nitrogens is 1. The Morgan fingerprint density at radius 1 is 1.50 bits per heavy atom. The maximum atomic E-state index is 5.63. The van der Waals surface area contributed by atoms with Crippen LogP contribution in [0.15, 0.2) is 17.1 Å². The van der Waals surface area contributed by atoms with Gasteiger partial charge in [-0.15, -0.1) is 12.4 Å². The highest BCUT2D eigenvalue weighted by Gasteiger charge is 2.22. The Kier molecular flexibility index (Phi) is 5.80. The Bertz CT molecular complexity index is 277. The second kappa shape index (κ2) is 6.89. The Hall–Kier alpha value is -0.580. The summed E-state index contributed by atoms with van der Waals surface area (Å²) in [5.41, 5.74) is 6.66. The molecule has 1 aliphatic heterocycles. The zero-order valence-corrected chi connectivity index (χ0v) is 10.3. The van der Waals surface area contributed by atoms with Crippen LogP contribution in [0.4, 0.5) is 0 Å². The van der Waals surface area contributed by atoms with Gasteiger partial charge in [0.15, 0.2) is 6.39 Å². The van der Waals surface area contributed by atoms with Crippen molar-refractivity contribution in [3.8, 4) is 0 Å². The fourth-order valence-corrected chi connectivity index (χ4v) is 2.31. The monoisotopic (exact) mass is 245 g/mol. The molecule has 2 N–H and O–H groups in total. The molecule has 0 radical (unpaired) electrons. The van der Waals surface area contributed by atoms with Gasteiger partial charge in [-0.05, 0) is 32.4 Å². The molecule has 1 aliphatic rings. The van der Waals surface area contributed by atoms with E-state index in [0.29, 0.717) is 6.04 Å². The predicted molar refractivity (Wildman–Crippen MR) is 65.5 cm³/mol. The summed E-state index contributed by atoms with van der Waals surface area (Å²) in [5.74, 6) is 0. The average molecular weight is 246 g/mol. The normalized spacial score (nSPS) is 21.7. The Morgan fingerprint density at radius 3 is 3.06 bits per heavy atom. The summed E-state index contributed by atoms with van der Waals surface area (Å²) in [6, 6.07) is 0.639. The molecular weight excluding hydrogens is 226 g/mol. The van der Waals surface area contributed by atoms with Crippen LogP contribution in [0.2, 0.25) is 0 Å². The lowest BCUT2D eigenvalue weighted by atomic mass is 9.99. The summed E-state index contributed by atoms with van der Waals surface area (Å²) >= 11 is 0. The standard InChI is InChI=1S/C11H19N3O.ClH/c12-5-4-11-3-1-2-6-14(11)7-10-8-15-9-13-10;/h8-9,11H,1-7,12H2;1H. The van der Waals surface area contributed by atoms with E-state index in [-0.39, 0.29) is 12.4 Å². The second-order valence-corrected chi connectivity index (χ2v) is 4.18. The third-order valence-electron chi connectivity index (χ3n) is 3.10. The fraction of sp³-hybridized carbons (Fsp3) is 0.727. The van der Waals surface area contributed by atoms with Gasteiger partial charge < -0.3 is 10.2 Å². The highest BCUT2D eigenvalue weighted by atomic mass is 35.5. The topological polar surface area (TPSA) is 55.3 Å². The number of hydrogen-bond donors (Lipinski definition) is 1. The van der Waals surface area contributed by atoms with Crippen molar-refractivity contribution >= 4 is 12.4 Å². The molecule has 5 heteroatoms. The zero-order valence-electron chi connectivity index (χ0n) is 9.47. The van der Waals surface area contributed by atoms with Crippen LogP contribution in [0.25, 0.3) is 0 Å². The van der Waals surface area contributed by atoms with Crippen LogP contribution in [-0.2, 0) is 6.54 Å². The van der Waals surface area contributed by atoms with Crippen molar-refractivity contribution in [2.45, 2.75) is 38.3 Å². The summed E-state index contributed by atoms with van der Waals surface area (Å²) in [4.78, 5) is 6.65. The van der Waals surface area contributed by atoms with Crippen molar-refractivity contribution in [3.05, 3.63) is 18.4 Å². The first kappa shape index (κ1) is 13.5. The van der Waals surface area contributed by atoms with Crippen LogP contribution in [-0.4, -0.2) is 29.0 Å². The average Bonchev–Trinajstić information content (AvgIpc) is 2.74. The number of piperidine rings is 1. The number of nitrogens with two attached hydrogens (primary N) is 1. The summed E-state index contributed by atoms with van der Waals surface area (Å²) in [6.07, 6.45) is 8.22. The first-order chi connectivity index (χ1) is 7.40. The summed E-state index contributed by atoms with van der Waals surface area (Å²) in [5, 5.41) is 0. The number of oxazole rings is 1. The molecule has 1 fully saturated rings. The largest absolute Gasteiger partial charge is 0.451 e. The van der Waals surface area contributed by atoms with Crippen molar-refractivity contribution in [3.63, 3.8) is 0 Å². The molecule has 4 nitrogen and oxygen atoms in total. The lowest BCUT2D eigenvalue weighted by Gasteiger charge is -2.35. The maximum Gasteiger partial charge on any atom is 0.180 e. The third kappa shape index (κ3) is 3.47. The van der Waals surface area contributed by atoms with E-state index < -0.39 is 0 Å². The van der Waals surface area contributed by atoms with Gasteiger partial charge in [0.25, 0.3) is 0 Å². The van der Waals surface area contributed by atoms with Crippen LogP contribution < -0.4 is 5.73 Å². The minimum atomic E-state index is 0. The smallest absolute Gasteiger partial charge is 0.180 e. The molecule has 0 aliphatic carbocycles. The fourth-order valence-electron chi connectivity index (χ4n) is 2.31. The number of nitrogens with zero attached hydrogens (tertiary/aromatic N) is 2. The SMILES string of the molecule is Cl.NCCC1CCCCN1Cc1cocn1. The third-order valence-corrected chi connectivity index (χ3v) is 3.10. The van der Waals surface area contributed by atoms with Crippen LogP contribution in [0, 0.1) is 0 Å². The molecule has 1 unspecified atom stereocenters. The van der Waals surface area contributed by atoms with Gasteiger partial charge in [-0.25, -0.2) is 4.98 Å². The van der Waals surface area contributed by atoms with E-state index in [1.807, 2.05) is 0 Å². The minimum absolute atomic E-state index is 0. The van der Waals surface area contributed by atoms with Crippen LogP contribution in [0.1, 0.15) is 31.4 Å². The number of halogens is 1. The number of hydrogen-bond acceptors (Lipinski definition) is 4. The Labute approximate surface area is 103 Å². The van der Waals surface area contributed by atoms with Crippen molar-refractivity contribution in [2.24, 2.45) is 5.73 Å². The number of rotatable bonds is 4. The second-order valence-electron chi connectivity index (χ2n) is 4.18. The molecule has 1 saturated heterocycles. The molecule has 1 aromatic rings. The Morgan fingerprint density at radius 2 is 2.38 bits per heavy atom. The highest BCUT2D eigenvalue weighted by molar-refractivity contribution is 5.85. The molecule has 2 rings (SSSR count). The molecule has 1 atom stereocenters. The molecule has 0 spiro atoms. The first-order valence-corrected chi connectivity index (χ1v) is 5.71.